The second kappa shape index (κ2) is 9.85. The van der Waals surface area contributed by atoms with E-state index in [-0.39, 0.29) is 0 Å². The Kier molecular flexibility index (Phi) is 8.13. The maximum Gasteiger partial charge on any atom is 0.149 e. The van der Waals surface area contributed by atoms with Crippen LogP contribution in [0.25, 0.3) is 15.7 Å². The highest BCUT2D eigenvalue weighted by Crippen LogP contribution is 2.36. The van der Waals surface area contributed by atoms with Crippen LogP contribution in [0.3, 0.4) is 0 Å². The number of hydrogen-bond acceptors (Lipinski definition) is 4. The number of anilines is 1. The molecular weight excluding hydrogens is 304 g/mol. The van der Waals surface area contributed by atoms with Crippen molar-refractivity contribution in [3.05, 3.63) is 47.5 Å². The van der Waals surface area contributed by atoms with Crippen molar-refractivity contribution in [2.75, 3.05) is 12.3 Å². The minimum atomic E-state index is 0.429. The highest BCUT2D eigenvalue weighted by molar-refractivity contribution is 8.20. The summed E-state index contributed by atoms with van der Waals surface area (Å²) in [6, 6.07) is 12.0. The van der Waals surface area contributed by atoms with Gasteiger partial charge in [0.05, 0.1) is 12.1 Å². The van der Waals surface area contributed by atoms with Gasteiger partial charge in [-0.05, 0) is 22.9 Å². The number of aliphatic imine (C=N–C) groups is 1. The quantitative estimate of drug-likeness (QED) is 0.612. The van der Waals surface area contributed by atoms with E-state index < -0.39 is 0 Å². The van der Waals surface area contributed by atoms with Gasteiger partial charge in [-0.1, -0.05) is 63.7 Å². The molecule has 1 aliphatic heterocycles. The van der Waals surface area contributed by atoms with Crippen LogP contribution in [0.2, 0.25) is 0 Å². The Morgan fingerprint density at radius 3 is 2.30 bits per heavy atom. The molecule has 0 saturated carbocycles. The van der Waals surface area contributed by atoms with E-state index in [0.29, 0.717) is 17.8 Å². The molecule has 3 rings (SSSR count). The third-order valence-electron chi connectivity index (χ3n) is 3.10. The molecule has 0 unspecified atom stereocenters. The summed E-state index contributed by atoms with van der Waals surface area (Å²) in [6.45, 7) is 8.43. The maximum atomic E-state index is 11.1. The standard InChI is InChI=1S/C15H12N2OS.2C2H6/c16-14-6-11-4-2-1-3-10(11)5-13(14)15-12(8-18)7-17-9-19-15;2*1-2/h1-6,8-9H,7,16H2;2*1-2H3. The molecule has 0 spiro atoms. The zero-order chi connectivity index (χ0) is 17.2. The van der Waals surface area contributed by atoms with Gasteiger partial charge in [0, 0.05) is 21.7 Å². The highest BCUT2D eigenvalue weighted by Gasteiger charge is 2.15. The molecule has 2 aromatic carbocycles. The summed E-state index contributed by atoms with van der Waals surface area (Å²) >= 11 is 1.45. The van der Waals surface area contributed by atoms with Crippen molar-refractivity contribution < 1.29 is 4.79 Å². The van der Waals surface area contributed by atoms with E-state index in [1.807, 2.05) is 64.1 Å². The Morgan fingerprint density at radius 1 is 1.09 bits per heavy atom. The first kappa shape index (κ1) is 19.0. The van der Waals surface area contributed by atoms with Crippen LogP contribution in [0.15, 0.2) is 47.0 Å². The second-order valence-electron chi connectivity index (χ2n) is 4.32. The van der Waals surface area contributed by atoms with E-state index in [4.69, 9.17) is 5.73 Å². The number of carbonyl (C=O) groups excluding carboxylic acids is 1. The number of aldehydes is 1. The predicted octanol–water partition coefficient (Wildman–Crippen LogP) is 5.16. The van der Waals surface area contributed by atoms with Crippen LogP contribution in [0.1, 0.15) is 33.3 Å². The van der Waals surface area contributed by atoms with E-state index >= 15 is 0 Å². The number of thioether (sulfide) groups is 1. The van der Waals surface area contributed by atoms with Crippen LogP contribution in [0.5, 0.6) is 0 Å². The van der Waals surface area contributed by atoms with Gasteiger partial charge in [-0.2, -0.15) is 0 Å². The molecule has 2 N–H and O–H groups in total. The third kappa shape index (κ3) is 4.45. The molecule has 0 radical (unpaired) electrons. The van der Waals surface area contributed by atoms with Gasteiger partial charge >= 0.3 is 0 Å². The fourth-order valence-electron chi connectivity index (χ4n) is 2.15. The number of fused-ring (bicyclic) bond motifs is 1. The second-order valence-corrected chi connectivity index (χ2v) is 5.18. The zero-order valence-electron chi connectivity index (χ0n) is 14.2. The minimum absolute atomic E-state index is 0.429. The predicted molar refractivity (Wildman–Crippen MR) is 105 cm³/mol. The van der Waals surface area contributed by atoms with Crippen LogP contribution >= 0.6 is 11.8 Å². The lowest BCUT2D eigenvalue weighted by Gasteiger charge is -2.14. The Balaban J connectivity index is 0.000000615. The van der Waals surface area contributed by atoms with E-state index in [0.717, 1.165) is 27.5 Å². The fourth-order valence-corrected chi connectivity index (χ4v) is 2.98. The van der Waals surface area contributed by atoms with Gasteiger partial charge in [-0.15, -0.1) is 0 Å². The molecule has 0 amide bonds. The molecule has 1 heterocycles. The number of rotatable bonds is 2. The van der Waals surface area contributed by atoms with E-state index in [1.165, 1.54) is 11.8 Å². The van der Waals surface area contributed by atoms with Crippen molar-refractivity contribution in [3.63, 3.8) is 0 Å². The number of benzene rings is 2. The SMILES string of the molecule is CC.CC.Nc1cc2ccccc2cc1C1=C(C=O)CN=CS1. The summed E-state index contributed by atoms with van der Waals surface area (Å²) < 4.78 is 0. The zero-order valence-corrected chi connectivity index (χ0v) is 15.0. The van der Waals surface area contributed by atoms with Crippen molar-refractivity contribution in [2.24, 2.45) is 4.99 Å². The van der Waals surface area contributed by atoms with Gasteiger partial charge in [0.15, 0.2) is 0 Å². The van der Waals surface area contributed by atoms with Gasteiger partial charge < -0.3 is 5.73 Å². The fraction of sp³-hybridized carbons (Fsp3) is 0.263. The van der Waals surface area contributed by atoms with Crippen LogP contribution < -0.4 is 5.73 Å². The van der Waals surface area contributed by atoms with Crippen molar-refractivity contribution >= 4 is 45.0 Å². The first-order valence-corrected chi connectivity index (χ1v) is 8.79. The molecular formula is C19H24N2OS. The van der Waals surface area contributed by atoms with Crippen molar-refractivity contribution in [2.45, 2.75) is 27.7 Å². The molecule has 122 valence electrons. The lowest BCUT2D eigenvalue weighted by Crippen LogP contribution is -2.02. The number of nitrogens with two attached hydrogens (primary N) is 1. The first-order valence-electron chi connectivity index (χ1n) is 7.91. The first-order chi connectivity index (χ1) is 11.3. The summed E-state index contributed by atoms with van der Waals surface area (Å²) in [5, 5.41) is 2.22. The molecule has 0 saturated heterocycles. The summed E-state index contributed by atoms with van der Waals surface area (Å²) in [4.78, 5) is 16.1. The molecule has 1 aliphatic rings. The Hall–Kier alpha value is -2.07. The number of hydrogen-bond donors (Lipinski definition) is 1. The number of carbonyl (C=O) groups is 1. The largest absolute Gasteiger partial charge is 0.398 e. The Bertz CT molecular complexity index is 720. The average molecular weight is 328 g/mol. The molecule has 2 aromatic rings. The van der Waals surface area contributed by atoms with Gasteiger partial charge in [0.2, 0.25) is 0 Å². The molecule has 4 heteroatoms. The van der Waals surface area contributed by atoms with Gasteiger partial charge in [0.1, 0.15) is 6.29 Å². The number of nitrogens with zero attached hydrogens (tertiary/aromatic N) is 1. The molecule has 0 fully saturated rings. The lowest BCUT2D eigenvalue weighted by molar-refractivity contribution is -0.104. The molecule has 0 atom stereocenters. The summed E-state index contributed by atoms with van der Waals surface area (Å²) in [7, 11) is 0. The van der Waals surface area contributed by atoms with Crippen molar-refractivity contribution in [1.29, 1.82) is 0 Å². The van der Waals surface area contributed by atoms with Crippen LogP contribution in [0.4, 0.5) is 5.69 Å². The van der Waals surface area contributed by atoms with E-state index in [9.17, 15) is 4.79 Å². The molecule has 3 nitrogen and oxygen atoms in total. The number of nitrogen functional groups attached to an aromatic ring is 1. The maximum absolute atomic E-state index is 11.1. The average Bonchev–Trinajstić information content (AvgIpc) is 2.64. The monoisotopic (exact) mass is 328 g/mol. The molecule has 23 heavy (non-hydrogen) atoms. The smallest absolute Gasteiger partial charge is 0.149 e. The van der Waals surface area contributed by atoms with Crippen LogP contribution in [0, 0.1) is 0 Å². The van der Waals surface area contributed by atoms with Crippen LogP contribution in [-0.4, -0.2) is 18.4 Å². The summed E-state index contributed by atoms with van der Waals surface area (Å²) in [6.07, 6.45) is 0.869. The minimum Gasteiger partial charge on any atom is -0.398 e. The lowest BCUT2D eigenvalue weighted by atomic mass is 10.0. The van der Waals surface area contributed by atoms with Crippen molar-refractivity contribution in [1.82, 2.24) is 0 Å². The topological polar surface area (TPSA) is 55.5 Å². The summed E-state index contributed by atoms with van der Waals surface area (Å²) in [5.74, 6) is 0. The Morgan fingerprint density at radius 2 is 1.70 bits per heavy atom. The molecule has 0 aliphatic carbocycles. The van der Waals surface area contributed by atoms with Gasteiger partial charge in [-0.25, -0.2) is 0 Å². The van der Waals surface area contributed by atoms with Crippen LogP contribution in [-0.2, 0) is 4.79 Å². The van der Waals surface area contributed by atoms with Gasteiger partial charge in [0.25, 0.3) is 0 Å². The van der Waals surface area contributed by atoms with E-state index in [1.54, 1.807) is 5.55 Å². The Labute approximate surface area is 142 Å². The molecule has 0 bridgehead atoms. The normalized spacial score (nSPS) is 12.9. The van der Waals surface area contributed by atoms with Gasteiger partial charge in [-0.3, -0.25) is 9.79 Å². The van der Waals surface area contributed by atoms with Crippen molar-refractivity contribution in [3.8, 4) is 0 Å². The summed E-state index contributed by atoms with van der Waals surface area (Å²) in [5.41, 5.74) is 10.2. The van der Waals surface area contributed by atoms with E-state index in [2.05, 4.69) is 4.99 Å². The highest BCUT2D eigenvalue weighted by atomic mass is 32.2. The third-order valence-corrected chi connectivity index (χ3v) is 4.08. The molecule has 0 aromatic heterocycles.